The Bertz CT molecular complexity index is 1230. The third-order valence-corrected chi connectivity index (χ3v) is 4.80. The molecule has 5 nitrogen and oxygen atoms in total. The molecule has 2 N–H and O–H groups in total. The van der Waals surface area contributed by atoms with E-state index in [0.717, 1.165) is 20.8 Å². The largest absolute Gasteiger partial charge is 0.350 e. The third kappa shape index (κ3) is 2.88. The lowest BCUT2D eigenvalue weighted by Gasteiger charge is -2.12. The van der Waals surface area contributed by atoms with Gasteiger partial charge in [-0.05, 0) is 36.8 Å². The molecule has 0 aliphatic heterocycles. The van der Waals surface area contributed by atoms with Gasteiger partial charge in [0.15, 0.2) is 5.43 Å². The topological polar surface area (TPSA) is 74.8 Å². The molecule has 0 atom stereocenters. The first-order valence-electron chi connectivity index (χ1n) is 8.00. The molecule has 0 radical (unpaired) electrons. The van der Waals surface area contributed by atoms with Crippen LogP contribution in [0.25, 0.3) is 21.7 Å². The van der Waals surface area contributed by atoms with Crippen LogP contribution in [0, 0.1) is 6.92 Å². The molecule has 0 spiro atoms. The lowest BCUT2D eigenvalue weighted by atomic mass is 10.1. The van der Waals surface area contributed by atoms with Crippen molar-refractivity contribution >= 4 is 49.2 Å². The molecule has 0 unspecified atom stereocenters. The van der Waals surface area contributed by atoms with Gasteiger partial charge in [-0.2, -0.15) is 0 Å². The minimum absolute atomic E-state index is 0.205. The van der Waals surface area contributed by atoms with Crippen molar-refractivity contribution in [2.75, 3.05) is 5.32 Å². The number of halogens is 1. The fraction of sp³-hybridized carbons (Fsp3) is 0.0500. The summed E-state index contributed by atoms with van der Waals surface area (Å²) in [5.74, 6) is -0.362. The van der Waals surface area contributed by atoms with Gasteiger partial charge < -0.3 is 10.3 Å². The van der Waals surface area contributed by atoms with Gasteiger partial charge in [-0.3, -0.25) is 14.6 Å². The average Bonchev–Trinajstić information content (AvgIpc) is 2.64. The van der Waals surface area contributed by atoms with Crippen LogP contribution in [0.15, 0.2) is 64.1 Å². The Labute approximate surface area is 157 Å². The zero-order chi connectivity index (χ0) is 18.3. The molecule has 4 rings (SSSR count). The number of aromatic nitrogens is 2. The molecule has 0 bridgehead atoms. The van der Waals surface area contributed by atoms with E-state index >= 15 is 0 Å². The lowest BCUT2D eigenvalue weighted by molar-refractivity contribution is 0.102. The van der Waals surface area contributed by atoms with Crippen LogP contribution in [0.2, 0.25) is 0 Å². The summed E-state index contributed by atoms with van der Waals surface area (Å²) in [7, 11) is 0. The molecule has 128 valence electrons. The Kier molecular flexibility index (Phi) is 4.05. The lowest BCUT2D eigenvalue weighted by Crippen LogP contribution is -2.18. The molecule has 0 aliphatic rings. The summed E-state index contributed by atoms with van der Waals surface area (Å²) in [4.78, 5) is 32.3. The average molecular weight is 408 g/mol. The van der Waals surface area contributed by atoms with Crippen LogP contribution < -0.4 is 10.7 Å². The first-order chi connectivity index (χ1) is 12.5. The fourth-order valence-electron chi connectivity index (χ4n) is 2.97. The van der Waals surface area contributed by atoms with Gasteiger partial charge in [-0.15, -0.1) is 0 Å². The second kappa shape index (κ2) is 6.38. The van der Waals surface area contributed by atoms with Crippen molar-refractivity contribution in [1.29, 1.82) is 0 Å². The SMILES string of the molecule is Cc1ccc2cnccc2c1NC(=O)c1cc(=O)c2cc(Br)ccc2[nH]1. The van der Waals surface area contributed by atoms with Crippen molar-refractivity contribution in [3.63, 3.8) is 0 Å². The van der Waals surface area contributed by atoms with Crippen LogP contribution in [0.5, 0.6) is 0 Å². The molecule has 2 aromatic heterocycles. The van der Waals surface area contributed by atoms with E-state index in [9.17, 15) is 9.59 Å². The molecular weight excluding hydrogens is 394 g/mol. The maximum Gasteiger partial charge on any atom is 0.272 e. The first-order valence-corrected chi connectivity index (χ1v) is 8.79. The number of aryl methyl sites for hydroxylation is 1. The van der Waals surface area contributed by atoms with Crippen LogP contribution in [0.1, 0.15) is 16.1 Å². The Hall–Kier alpha value is -2.99. The van der Waals surface area contributed by atoms with Crippen LogP contribution in [-0.2, 0) is 0 Å². The third-order valence-electron chi connectivity index (χ3n) is 4.30. The molecule has 2 heterocycles. The highest BCUT2D eigenvalue weighted by atomic mass is 79.9. The summed E-state index contributed by atoms with van der Waals surface area (Å²) >= 11 is 3.35. The van der Waals surface area contributed by atoms with E-state index in [1.165, 1.54) is 6.07 Å². The monoisotopic (exact) mass is 407 g/mol. The highest BCUT2D eigenvalue weighted by Gasteiger charge is 2.13. The standard InChI is InChI=1S/C20H14BrN3O2/c1-11-2-3-12-10-22-7-6-14(12)19(11)24-20(26)17-9-18(25)15-8-13(21)4-5-16(15)23-17/h2-10H,1H3,(H,23,25)(H,24,26). The Morgan fingerprint density at radius 3 is 2.81 bits per heavy atom. The van der Waals surface area contributed by atoms with Gasteiger partial charge in [-0.1, -0.05) is 28.1 Å². The summed E-state index contributed by atoms with van der Waals surface area (Å²) < 4.78 is 0.813. The zero-order valence-corrected chi connectivity index (χ0v) is 15.4. The summed E-state index contributed by atoms with van der Waals surface area (Å²) in [5, 5.41) is 5.30. The van der Waals surface area contributed by atoms with Gasteiger partial charge in [0.2, 0.25) is 0 Å². The second-order valence-corrected chi connectivity index (χ2v) is 6.96. The number of pyridine rings is 2. The molecule has 0 saturated carbocycles. The van der Waals surface area contributed by atoms with Crippen molar-refractivity contribution in [1.82, 2.24) is 9.97 Å². The zero-order valence-electron chi connectivity index (χ0n) is 13.8. The number of nitrogens with one attached hydrogen (secondary N) is 2. The normalized spacial score (nSPS) is 11.0. The van der Waals surface area contributed by atoms with Gasteiger partial charge in [0, 0.05) is 44.6 Å². The number of nitrogens with zero attached hydrogens (tertiary/aromatic N) is 1. The van der Waals surface area contributed by atoms with Gasteiger partial charge in [-0.25, -0.2) is 0 Å². The van der Waals surface area contributed by atoms with E-state index < -0.39 is 0 Å². The predicted octanol–water partition coefficient (Wildman–Crippen LogP) is 4.40. The van der Waals surface area contributed by atoms with Crippen LogP contribution in [0.3, 0.4) is 0 Å². The van der Waals surface area contributed by atoms with E-state index in [-0.39, 0.29) is 17.0 Å². The van der Waals surface area contributed by atoms with E-state index in [4.69, 9.17) is 0 Å². The van der Waals surface area contributed by atoms with E-state index in [1.54, 1.807) is 24.5 Å². The molecule has 1 amide bonds. The number of carbonyl (C=O) groups excluding carboxylic acids is 1. The summed E-state index contributed by atoms with van der Waals surface area (Å²) in [6.07, 6.45) is 3.44. The van der Waals surface area contributed by atoms with Gasteiger partial charge in [0.1, 0.15) is 5.69 Å². The highest BCUT2D eigenvalue weighted by molar-refractivity contribution is 9.10. The number of hydrogen-bond acceptors (Lipinski definition) is 3. The van der Waals surface area contributed by atoms with Crippen LogP contribution in [0.4, 0.5) is 5.69 Å². The number of benzene rings is 2. The Morgan fingerprint density at radius 1 is 1.12 bits per heavy atom. The number of fused-ring (bicyclic) bond motifs is 2. The number of hydrogen-bond donors (Lipinski definition) is 2. The number of anilines is 1. The summed E-state index contributed by atoms with van der Waals surface area (Å²) in [6.45, 7) is 1.93. The van der Waals surface area contributed by atoms with Gasteiger partial charge in [0.25, 0.3) is 5.91 Å². The molecule has 26 heavy (non-hydrogen) atoms. The van der Waals surface area contributed by atoms with Crippen LogP contribution in [-0.4, -0.2) is 15.9 Å². The molecule has 0 saturated heterocycles. The number of amides is 1. The van der Waals surface area contributed by atoms with Crippen molar-refractivity contribution in [2.45, 2.75) is 6.92 Å². The molecule has 4 aromatic rings. The fourth-order valence-corrected chi connectivity index (χ4v) is 3.33. The smallest absolute Gasteiger partial charge is 0.272 e. The summed E-state index contributed by atoms with van der Waals surface area (Å²) in [6, 6.07) is 12.4. The maximum absolute atomic E-state index is 12.8. The molecule has 6 heteroatoms. The van der Waals surface area contributed by atoms with E-state index in [0.29, 0.717) is 16.6 Å². The number of rotatable bonds is 2. The number of carbonyl (C=O) groups is 1. The van der Waals surface area contributed by atoms with Crippen LogP contribution >= 0.6 is 15.9 Å². The van der Waals surface area contributed by atoms with Crippen molar-refractivity contribution in [3.05, 3.63) is 80.8 Å². The summed E-state index contributed by atoms with van der Waals surface area (Å²) in [5.41, 5.74) is 2.28. The molecule has 0 fully saturated rings. The Morgan fingerprint density at radius 2 is 1.96 bits per heavy atom. The Balaban J connectivity index is 1.78. The number of aromatic amines is 1. The van der Waals surface area contributed by atoms with Gasteiger partial charge in [0.05, 0.1) is 5.69 Å². The first kappa shape index (κ1) is 16.5. The molecule has 2 aromatic carbocycles. The molecule has 0 aliphatic carbocycles. The van der Waals surface area contributed by atoms with Crippen molar-refractivity contribution < 1.29 is 4.79 Å². The number of H-pyrrole nitrogens is 1. The van der Waals surface area contributed by atoms with Crippen molar-refractivity contribution in [2.24, 2.45) is 0 Å². The highest BCUT2D eigenvalue weighted by Crippen LogP contribution is 2.27. The minimum atomic E-state index is -0.362. The predicted molar refractivity (Wildman–Crippen MR) is 107 cm³/mol. The molecular formula is C20H14BrN3O2. The minimum Gasteiger partial charge on any atom is -0.350 e. The van der Waals surface area contributed by atoms with E-state index in [1.807, 2.05) is 31.2 Å². The second-order valence-electron chi connectivity index (χ2n) is 6.05. The van der Waals surface area contributed by atoms with E-state index in [2.05, 4.69) is 31.2 Å². The quantitative estimate of drug-likeness (QED) is 0.516. The maximum atomic E-state index is 12.8. The van der Waals surface area contributed by atoms with Gasteiger partial charge >= 0.3 is 0 Å². The van der Waals surface area contributed by atoms with Crippen molar-refractivity contribution in [3.8, 4) is 0 Å².